The molecule has 18 heavy (non-hydrogen) atoms. The highest BCUT2D eigenvalue weighted by molar-refractivity contribution is 6.17. The van der Waals surface area contributed by atoms with Gasteiger partial charge in [-0.05, 0) is 41.5 Å². The third kappa shape index (κ3) is 20.9. The third-order valence-electron chi connectivity index (χ3n) is 1.28. The molecule has 0 rings (SSSR count). The number of carbonyl (C=O) groups is 2. The number of ketones is 1. The number of ether oxygens (including phenoxy) is 1. The average Bonchev–Trinajstić information content (AvgIpc) is 2.15. The van der Waals surface area contributed by atoms with Crippen molar-refractivity contribution in [3.63, 3.8) is 0 Å². The number of carbonyl (C=O) groups excluding carboxylic acids is 2. The van der Waals surface area contributed by atoms with E-state index in [4.69, 9.17) is 12.3 Å². The molecule has 0 aliphatic carbocycles. The van der Waals surface area contributed by atoms with E-state index in [0.717, 1.165) is 13.2 Å². The van der Waals surface area contributed by atoms with Crippen molar-refractivity contribution in [1.82, 2.24) is 0 Å². The van der Waals surface area contributed by atoms with Crippen LogP contribution in [0.3, 0.4) is 0 Å². The van der Waals surface area contributed by atoms with E-state index in [1.54, 1.807) is 20.8 Å². The summed E-state index contributed by atoms with van der Waals surface area (Å²) in [7, 11) is 0. The largest absolute Gasteiger partial charge is 0.668 e. The molecule has 0 fully saturated rings. The molecule has 0 unspecified atom stereocenters. The highest BCUT2D eigenvalue weighted by atomic mass is 27.2. The standard InChI is InChI=1S/C8H14O3.2C2H5O.Al/c1-6(9)5-7(10)11-8(2,3)4;2*1-2-3;/h5H2,1-4H3;2*2H2,1H3;/q;2*-1;+2. The third-order valence-corrected chi connectivity index (χ3v) is 2.22. The second-order valence-electron chi connectivity index (χ2n) is 4.47. The Labute approximate surface area is 117 Å². The van der Waals surface area contributed by atoms with Gasteiger partial charge >= 0.3 is 21.9 Å². The van der Waals surface area contributed by atoms with Crippen molar-refractivity contribution in [2.75, 3.05) is 13.2 Å². The van der Waals surface area contributed by atoms with Gasteiger partial charge in [0.15, 0.2) is 0 Å². The zero-order valence-electron chi connectivity index (χ0n) is 12.2. The monoisotopic (exact) mass is 275 g/mol. The van der Waals surface area contributed by atoms with E-state index in [-0.39, 0.29) is 28.1 Å². The second kappa shape index (κ2) is 11.7. The van der Waals surface area contributed by atoms with Gasteiger partial charge in [0.1, 0.15) is 17.8 Å². The molecule has 0 spiro atoms. The highest BCUT2D eigenvalue weighted by Gasteiger charge is 2.16. The number of esters is 1. The van der Waals surface area contributed by atoms with Crippen molar-refractivity contribution < 1.29 is 21.9 Å². The van der Waals surface area contributed by atoms with Gasteiger partial charge in [-0.25, -0.2) is 0 Å². The molecule has 0 atom stereocenters. The maximum atomic E-state index is 10.8. The molecule has 105 valence electrons. The van der Waals surface area contributed by atoms with Crippen LogP contribution in [-0.4, -0.2) is 46.5 Å². The molecular formula is C12H24AlO5. The van der Waals surface area contributed by atoms with E-state index in [1.807, 2.05) is 13.8 Å². The van der Waals surface area contributed by atoms with Gasteiger partial charge in [-0.3, -0.25) is 9.59 Å². The molecule has 0 aromatic heterocycles. The predicted octanol–water partition coefficient (Wildman–Crippen LogP) is 1.90. The molecule has 0 saturated heterocycles. The molecule has 0 saturated carbocycles. The first-order valence-corrected chi connectivity index (χ1v) is 6.93. The molecule has 0 amide bonds. The summed E-state index contributed by atoms with van der Waals surface area (Å²) in [6, 6.07) is 0. The summed E-state index contributed by atoms with van der Waals surface area (Å²) >= 11 is -0.178. The summed E-state index contributed by atoms with van der Waals surface area (Å²) in [5.41, 5.74) is -0.494. The summed E-state index contributed by atoms with van der Waals surface area (Å²) in [4.78, 5) is 21.3. The van der Waals surface area contributed by atoms with Gasteiger partial charge in [0, 0.05) is 13.2 Å². The summed E-state index contributed by atoms with van der Waals surface area (Å²) in [5.74, 6) is -0.621. The van der Waals surface area contributed by atoms with Crippen LogP contribution in [0, 0.1) is 0 Å². The zero-order chi connectivity index (χ0) is 14.6. The summed E-state index contributed by atoms with van der Waals surface area (Å²) in [6.07, 6.45) is -0.128. The lowest BCUT2D eigenvalue weighted by Crippen LogP contribution is -2.24. The fourth-order valence-electron chi connectivity index (χ4n) is 0.765. The minimum absolute atomic E-state index is 0.128. The van der Waals surface area contributed by atoms with Crippen molar-refractivity contribution >= 4 is 27.6 Å². The molecule has 0 aliphatic rings. The van der Waals surface area contributed by atoms with Crippen LogP contribution in [-0.2, 0) is 21.9 Å². The van der Waals surface area contributed by atoms with Crippen molar-refractivity contribution in [3.8, 4) is 0 Å². The van der Waals surface area contributed by atoms with Crippen LogP contribution in [0.15, 0.2) is 0 Å². The number of hydrogen-bond acceptors (Lipinski definition) is 5. The predicted molar refractivity (Wildman–Crippen MR) is 70.1 cm³/mol. The highest BCUT2D eigenvalue weighted by Crippen LogP contribution is 2.07. The lowest BCUT2D eigenvalue weighted by Gasteiger charge is -2.18. The molecule has 0 N–H and O–H groups in total. The van der Waals surface area contributed by atoms with E-state index in [0.29, 0.717) is 0 Å². The van der Waals surface area contributed by atoms with Gasteiger partial charge in [-0.15, -0.1) is 0 Å². The molecule has 0 aromatic rings. The molecular weight excluding hydrogens is 251 g/mol. The van der Waals surface area contributed by atoms with Crippen LogP contribution in [0.2, 0.25) is 0 Å². The zero-order valence-corrected chi connectivity index (χ0v) is 13.4. The Hall–Kier alpha value is -0.408. The van der Waals surface area contributed by atoms with E-state index in [9.17, 15) is 9.59 Å². The van der Waals surface area contributed by atoms with Crippen LogP contribution >= 0.6 is 0 Å². The topological polar surface area (TPSA) is 61.8 Å². The Kier molecular flexibility index (Phi) is 12.9. The van der Waals surface area contributed by atoms with Crippen molar-refractivity contribution in [2.24, 2.45) is 0 Å². The van der Waals surface area contributed by atoms with E-state index >= 15 is 0 Å². The van der Waals surface area contributed by atoms with Crippen LogP contribution < -0.4 is 0 Å². The Bertz CT molecular complexity index is 231. The van der Waals surface area contributed by atoms with Crippen molar-refractivity contribution in [3.05, 3.63) is 0 Å². The lowest BCUT2D eigenvalue weighted by molar-refractivity contribution is -0.155. The van der Waals surface area contributed by atoms with Crippen LogP contribution in [0.25, 0.3) is 0 Å². The van der Waals surface area contributed by atoms with Gasteiger partial charge in [0.2, 0.25) is 0 Å². The first kappa shape index (κ1) is 19.9. The van der Waals surface area contributed by atoms with Gasteiger partial charge in [-0.1, -0.05) is 0 Å². The van der Waals surface area contributed by atoms with Crippen LogP contribution in [0.4, 0.5) is 0 Å². The van der Waals surface area contributed by atoms with Crippen molar-refractivity contribution in [2.45, 2.75) is 53.6 Å². The number of Topliss-reactive ketones (excluding diaryl/α,β-unsaturated/α-hetero) is 1. The van der Waals surface area contributed by atoms with Gasteiger partial charge < -0.3 is 12.3 Å². The Balaban J connectivity index is 0. The molecule has 0 heterocycles. The van der Waals surface area contributed by atoms with Crippen LogP contribution in [0.1, 0.15) is 48.0 Å². The Morgan fingerprint density at radius 3 is 1.78 bits per heavy atom. The summed E-state index contributed by atoms with van der Waals surface area (Å²) in [5, 5.41) is 0. The fraction of sp³-hybridized carbons (Fsp3) is 0.833. The maximum Gasteiger partial charge on any atom is 0.668 e. The Morgan fingerprint density at radius 1 is 1.06 bits per heavy atom. The number of rotatable bonds is 6. The Morgan fingerprint density at radius 2 is 1.50 bits per heavy atom. The molecule has 1 radical (unpaired) electrons. The molecule has 0 aromatic carbocycles. The minimum Gasteiger partial charge on any atom is -0.484 e. The SMILES string of the molecule is CC(=O)CC(=O)OC(C)(C)C.CC[O][Al][O]CC. The quantitative estimate of drug-likeness (QED) is 0.321. The fourth-order valence-corrected chi connectivity index (χ4v) is 1.13. The van der Waals surface area contributed by atoms with E-state index < -0.39 is 11.6 Å². The number of hydrogen-bond donors (Lipinski definition) is 0. The van der Waals surface area contributed by atoms with Gasteiger partial charge in [0.25, 0.3) is 0 Å². The second-order valence-corrected chi connectivity index (χ2v) is 5.33. The lowest BCUT2D eigenvalue weighted by atomic mass is 10.2. The van der Waals surface area contributed by atoms with Gasteiger partial charge in [0.05, 0.1) is 0 Å². The van der Waals surface area contributed by atoms with E-state index in [1.165, 1.54) is 6.92 Å². The first-order valence-electron chi connectivity index (χ1n) is 5.99. The van der Waals surface area contributed by atoms with Gasteiger partial charge in [-0.2, -0.15) is 0 Å². The molecule has 0 aliphatic heterocycles. The normalized spacial score (nSPS) is 10.1. The van der Waals surface area contributed by atoms with E-state index in [2.05, 4.69) is 0 Å². The minimum atomic E-state index is -0.494. The molecule has 0 bridgehead atoms. The maximum absolute atomic E-state index is 10.8. The first-order chi connectivity index (χ1) is 8.22. The molecule has 6 heteroatoms. The average molecular weight is 275 g/mol. The summed E-state index contributed by atoms with van der Waals surface area (Å²) in [6.45, 7) is 12.1. The smallest absolute Gasteiger partial charge is 0.484 e. The van der Waals surface area contributed by atoms with Crippen LogP contribution in [0.5, 0.6) is 0 Å². The molecule has 5 nitrogen and oxygen atoms in total. The van der Waals surface area contributed by atoms with Crippen molar-refractivity contribution in [1.29, 1.82) is 0 Å². The summed E-state index contributed by atoms with van der Waals surface area (Å²) < 4.78 is 14.8.